The van der Waals surface area contributed by atoms with Crippen LogP contribution in [0.15, 0.2) is 42.6 Å². The maximum Gasteiger partial charge on any atom is 0.219 e. The molecule has 3 heteroatoms. The highest BCUT2D eigenvalue weighted by Gasteiger charge is 2.02. The molecule has 0 aliphatic rings. The lowest BCUT2D eigenvalue weighted by molar-refractivity contribution is 0.458. The summed E-state index contributed by atoms with van der Waals surface area (Å²) in [5.41, 5.74) is 2.26. The van der Waals surface area contributed by atoms with Crippen LogP contribution < -0.4 is 10.1 Å². The van der Waals surface area contributed by atoms with E-state index in [1.54, 1.807) is 6.20 Å². The first-order valence-corrected chi connectivity index (χ1v) is 5.62. The van der Waals surface area contributed by atoms with E-state index in [-0.39, 0.29) is 0 Å². The summed E-state index contributed by atoms with van der Waals surface area (Å²) in [6, 6.07) is 11.8. The Labute approximate surface area is 101 Å². The van der Waals surface area contributed by atoms with E-state index >= 15 is 0 Å². The fraction of sp³-hybridized carbons (Fsp3) is 0.214. The molecule has 0 spiro atoms. The maximum atomic E-state index is 5.76. The van der Waals surface area contributed by atoms with E-state index in [1.807, 2.05) is 50.4 Å². The maximum absolute atomic E-state index is 5.76. The zero-order valence-corrected chi connectivity index (χ0v) is 10.1. The van der Waals surface area contributed by atoms with Gasteiger partial charge in [0.25, 0.3) is 0 Å². The molecule has 2 aromatic rings. The van der Waals surface area contributed by atoms with Crippen molar-refractivity contribution in [2.45, 2.75) is 13.5 Å². The van der Waals surface area contributed by atoms with E-state index in [9.17, 15) is 0 Å². The van der Waals surface area contributed by atoms with Crippen molar-refractivity contribution in [2.75, 3.05) is 7.05 Å². The second kappa shape index (κ2) is 5.46. The molecule has 0 aliphatic heterocycles. The van der Waals surface area contributed by atoms with Gasteiger partial charge in [0, 0.05) is 18.8 Å². The molecule has 0 atom stereocenters. The highest BCUT2D eigenvalue weighted by atomic mass is 16.5. The molecule has 0 amide bonds. The number of ether oxygens (including phenoxy) is 1. The SMILES string of the molecule is CNCc1ccnc(Oc2ccccc2C)c1. The molecule has 0 saturated carbocycles. The Morgan fingerprint density at radius 3 is 2.82 bits per heavy atom. The molecule has 1 heterocycles. The third-order valence-electron chi connectivity index (χ3n) is 2.49. The van der Waals surface area contributed by atoms with Gasteiger partial charge in [-0.25, -0.2) is 4.98 Å². The van der Waals surface area contributed by atoms with Crippen molar-refractivity contribution in [3.63, 3.8) is 0 Å². The van der Waals surface area contributed by atoms with Crippen molar-refractivity contribution in [2.24, 2.45) is 0 Å². The summed E-state index contributed by atoms with van der Waals surface area (Å²) in [5.74, 6) is 1.48. The summed E-state index contributed by atoms with van der Waals surface area (Å²) in [5, 5.41) is 3.10. The highest BCUT2D eigenvalue weighted by molar-refractivity contribution is 5.35. The van der Waals surface area contributed by atoms with Gasteiger partial charge in [-0.2, -0.15) is 0 Å². The van der Waals surface area contributed by atoms with Crippen LogP contribution in [0.3, 0.4) is 0 Å². The first-order valence-electron chi connectivity index (χ1n) is 5.62. The molecule has 0 saturated heterocycles. The van der Waals surface area contributed by atoms with Crippen molar-refractivity contribution in [1.82, 2.24) is 10.3 Å². The van der Waals surface area contributed by atoms with Crippen molar-refractivity contribution in [1.29, 1.82) is 0 Å². The smallest absolute Gasteiger partial charge is 0.219 e. The number of nitrogens with zero attached hydrogens (tertiary/aromatic N) is 1. The molecule has 0 fully saturated rings. The third kappa shape index (κ3) is 3.04. The number of nitrogens with one attached hydrogen (secondary N) is 1. The first-order chi connectivity index (χ1) is 8.29. The Hall–Kier alpha value is -1.87. The number of pyridine rings is 1. The molecule has 0 aliphatic carbocycles. The molecular formula is C14H16N2O. The average Bonchev–Trinajstić information content (AvgIpc) is 2.33. The summed E-state index contributed by atoms with van der Waals surface area (Å²) in [4.78, 5) is 4.21. The van der Waals surface area contributed by atoms with Crippen LogP contribution >= 0.6 is 0 Å². The average molecular weight is 228 g/mol. The van der Waals surface area contributed by atoms with Crippen LogP contribution in [0.5, 0.6) is 11.6 Å². The second-order valence-electron chi connectivity index (χ2n) is 3.90. The number of benzene rings is 1. The van der Waals surface area contributed by atoms with Gasteiger partial charge in [-0.1, -0.05) is 18.2 Å². The number of rotatable bonds is 4. The fourth-order valence-corrected chi connectivity index (χ4v) is 1.60. The minimum absolute atomic E-state index is 0.632. The van der Waals surface area contributed by atoms with Gasteiger partial charge in [0.05, 0.1) is 0 Å². The van der Waals surface area contributed by atoms with E-state index < -0.39 is 0 Å². The Balaban J connectivity index is 2.18. The van der Waals surface area contributed by atoms with Gasteiger partial charge in [0.15, 0.2) is 0 Å². The lowest BCUT2D eigenvalue weighted by atomic mass is 10.2. The first kappa shape index (κ1) is 11.6. The van der Waals surface area contributed by atoms with Gasteiger partial charge in [0.2, 0.25) is 5.88 Å². The zero-order valence-electron chi connectivity index (χ0n) is 10.1. The summed E-state index contributed by atoms with van der Waals surface area (Å²) < 4.78 is 5.76. The molecule has 0 bridgehead atoms. The molecule has 1 aromatic carbocycles. The van der Waals surface area contributed by atoms with Crippen LogP contribution in [0.2, 0.25) is 0 Å². The van der Waals surface area contributed by atoms with E-state index in [1.165, 1.54) is 0 Å². The molecule has 88 valence electrons. The number of hydrogen-bond acceptors (Lipinski definition) is 3. The lowest BCUT2D eigenvalue weighted by Crippen LogP contribution is -2.05. The number of para-hydroxylation sites is 1. The van der Waals surface area contributed by atoms with E-state index in [4.69, 9.17) is 4.74 Å². The van der Waals surface area contributed by atoms with Gasteiger partial charge in [-0.15, -0.1) is 0 Å². The predicted octanol–water partition coefficient (Wildman–Crippen LogP) is 2.90. The van der Waals surface area contributed by atoms with Gasteiger partial charge >= 0.3 is 0 Å². The van der Waals surface area contributed by atoms with Gasteiger partial charge in [-0.3, -0.25) is 0 Å². The van der Waals surface area contributed by atoms with Crippen LogP contribution in [-0.4, -0.2) is 12.0 Å². The van der Waals surface area contributed by atoms with Crippen LogP contribution in [0.25, 0.3) is 0 Å². The second-order valence-corrected chi connectivity index (χ2v) is 3.90. The van der Waals surface area contributed by atoms with Crippen molar-refractivity contribution in [3.8, 4) is 11.6 Å². The molecule has 0 radical (unpaired) electrons. The summed E-state index contributed by atoms with van der Waals surface area (Å²) in [6.45, 7) is 2.83. The monoisotopic (exact) mass is 228 g/mol. The Morgan fingerprint density at radius 1 is 1.24 bits per heavy atom. The Morgan fingerprint density at radius 2 is 2.06 bits per heavy atom. The fourth-order valence-electron chi connectivity index (χ4n) is 1.60. The summed E-state index contributed by atoms with van der Waals surface area (Å²) in [7, 11) is 1.92. The molecule has 3 nitrogen and oxygen atoms in total. The normalized spacial score (nSPS) is 10.2. The highest BCUT2D eigenvalue weighted by Crippen LogP contribution is 2.23. The molecule has 1 aromatic heterocycles. The van der Waals surface area contributed by atoms with Crippen LogP contribution in [0.4, 0.5) is 0 Å². The third-order valence-corrected chi connectivity index (χ3v) is 2.49. The molecule has 17 heavy (non-hydrogen) atoms. The van der Waals surface area contributed by atoms with E-state index in [0.717, 1.165) is 23.4 Å². The largest absolute Gasteiger partial charge is 0.439 e. The molecule has 0 unspecified atom stereocenters. The number of hydrogen-bond donors (Lipinski definition) is 1. The number of aryl methyl sites for hydroxylation is 1. The molecule has 2 rings (SSSR count). The molecular weight excluding hydrogens is 212 g/mol. The minimum atomic E-state index is 0.632. The van der Waals surface area contributed by atoms with Crippen molar-refractivity contribution < 1.29 is 4.74 Å². The van der Waals surface area contributed by atoms with Crippen LogP contribution in [0, 0.1) is 6.92 Å². The lowest BCUT2D eigenvalue weighted by Gasteiger charge is -2.08. The quantitative estimate of drug-likeness (QED) is 0.873. The van der Waals surface area contributed by atoms with Crippen molar-refractivity contribution in [3.05, 3.63) is 53.7 Å². The summed E-state index contributed by atoms with van der Waals surface area (Å²) >= 11 is 0. The minimum Gasteiger partial charge on any atom is -0.439 e. The Bertz CT molecular complexity index is 497. The van der Waals surface area contributed by atoms with E-state index in [2.05, 4.69) is 10.3 Å². The Kier molecular flexibility index (Phi) is 3.73. The topological polar surface area (TPSA) is 34.2 Å². The van der Waals surface area contributed by atoms with E-state index in [0.29, 0.717) is 5.88 Å². The predicted molar refractivity (Wildman–Crippen MR) is 68.3 cm³/mol. The van der Waals surface area contributed by atoms with Gasteiger partial charge < -0.3 is 10.1 Å². The van der Waals surface area contributed by atoms with Crippen molar-refractivity contribution >= 4 is 0 Å². The molecule has 1 N–H and O–H groups in total. The van der Waals surface area contributed by atoms with Gasteiger partial charge in [0.1, 0.15) is 5.75 Å². The number of aromatic nitrogens is 1. The standard InChI is InChI=1S/C14H16N2O/c1-11-5-3-4-6-13(11)17-14-9-12(10-15-2)7-8-16-14/h3-9,15H,10H2,1-2H3. The van der Waals surface area contributed by atoms with Gasteiger partial charge in [-0.05, 0) is 37.2 Å². The van der Waals surface area contributed by atoms with Crippen LogP contribution in [-0.2, 0) is 6.54 Å². The zero-order chi connectivity index (χ0) is 12.1. The van der Waals surface area contributed by atoms with Crippen LogP contribution in [0.1, 0.15) is 11.1 Å². The summed E-state index contributed by atoms with van der Waals surface area (Å²) in [6.07, 6.45) is 1.76.